The zero-order chi connectivity index (χ0) is 20.5. The summed E-state index contributed by atoms with van der Waals surface area (Å²) in [6.07, 6.45) is 0. The lowest BCUT2D eigenvalue weighted by atomic mass is 10.1. The molecule has 1 aliphatic heterocycles. The highest BCUT2D eigenvalue weighted by Crippen LogP contribution is 2.34. The van der Waals surface area contributed by atoms with E-state index in [9.17, 15) is 4.79 Å². The zero-order valence-electron chi connectivity index (χ0n) is 15.7. The molecule has 2 aromatic carbocycles. The number of nitrogens with one attached hydrogen (secondary N) is 1. The van der Waals surface area contributed by atoms with E-state index < -0.39 is 0 Å². The lowest BCUT2D eigenvalue weighted by Crippen LogP contribution is -2.23. The molecule has 0 saturated heterocycles. The van der Waals surface area contributed by atoms with Gasteiger partial charge in [-0.05, 0) is 64.6 Å². The molecule has 1 N–H and O–H groups in total. The molecule has 2 heterocycles. The van der Waals surface area contributed by atoms with Crippen molar-refractivity contribution in [2.24, 2.45) is 0 Å². The number of rotatable bonds is 6. The minimum Gasteiger partial charge on any atom is -0.496 e. The Bertz CT molecular complexity index is 1110. The molecule has 4 rings (SSSR count). The molecule has 29 heavy (non-hydrogen) atoms. The molecule has 0 spiro atoms. The Morgan fingerprint density at radius 3 is 2.83 bits per heavy atom. The van der Waals surface area contributed by atoms with Gasteiger partial charge in [-0.3, -0.25) is 4.79 Å². The Kier molecular flexibility index (Phi) is 5.85. The summed E-state index contributed by atoms with van der Waals surface area (Å²) >= 11 is 9.75. The molecule has 0 unspecified atom stereocenters. The van der Waals surface area contributed by atoms with E-state index in [2.05, 4.69) is 40.6 Å². The number of halogens is 2. The molecular weight excluding hydrogens is 519 g/mol. The lowest BCUT2D eigenvalue weighted by Gasteiger charge is -2.17. The van der Waals surface area contributed by atoms with Crippen LogP contribution in [0.25, 0.3) is 5.70 Å². The smallest absolute Gasteiger partial charge is 0.254 e. The molecule has 0 bridgehead atoms. The van der Waals surface area contributed by atoms with Crippen LogP contribution in [0.15, 0.2) is 55.1 Å². The monoisotopic (exact) mass is 536 g/mol. The van der Waals surface area contributed by atoms with Crippen LogP contribution in [-0.4, -0.2) is 17.9 Å². The van der Waals surface area contributed by atoms with Crippen LogP contribution in [0.3, 0.4) is 0 Å². The number of carbonyl (C=O) groups excluding carboxylic acids is 1. The minimum atomic E-state index is 0.0410. The van der Waals surface area contributed by atoms with E-state index >= 15 is 0 Å². The largest absolute Gasteiger partial charge is 0.496 e. The van der Waals surface area contributed by atoms with Crippen LogP contribution >= 0.6 is 45.5 Å². The van der Waals surface area contributed by atoms with Crippen molar-refractivity contribution in [3.63, 3.8) is 0 Å². The molecule has 0 atom stereocenters. The van der Waals surface area contributed by atoms with Gasteiger partial charge in [0.25, 0.3) is 5.91 Å². The van der Waals surface area contributed by atoms with E-state index in [1.807, 2.05) is 47.4 Å². The maximum Gasteiger partial charge on any atom is 0.254 e. The molecule has 1 amide bonds. The number of ether oxygens (including phenoxy) is 1. The average Bonchev–Trinajstić information content (AvgIpc) is 3.27. The summed E-state index contributed by atoms with van der Waals surface area (Å²) in [5, 5.41) is 3.36. The van der Waals surface area contributed by atoms with Gasteiger partial charge in [0.15, 0.2) is 0 Å². The first-order valence-corrected chi connectivity index (χ1v) is 11.2. The Morgan fingerprint density at radius 2 is 2.14 bits per heavy atom. The molecule has 0 radical (unpaired) electrons. The maximum atomic E-state index is 13.0. The number of amides is 1. The van der Waals surface area contributed by atoms with Crippen LogP contribution in [0.5, 0.6) is 5.75 Å². The Morgan fingerprint density at radius 1 is 1.31 bits per heavy atom. The first-order valence-electron chi connectivity index (χ1n) is 8.91. The molecule has 148 valence electrons. The third-order valence-corrected chi connectivity index (χ3v) is 6.92. The van der Waals surface area contributed by atoms with Crippen molar-refractivity contribution in [3.8, 4) is 5.75 Å². The number of anilines is 1. The summed E-state index contributed by atoms with van der Waals surface area (Å²) in [6, 6.07) is 15.5. The second kappa shape index (κ2) is 8.38. The van der Waals surface area contributed by atoms with Crippen molar-refractivity contribution in [2.75, 3.05) is 12.4 Å². The number of methoxy groups -OCH3 is 1. The number of benzene rings is 2. The van der Waals surface area contributed by atoms with Crippen molar-refractivity contribution < 1.29 is 9.53 Å². The van der Waals surface area contributed by atoms with E-state index in [1.165, 1.54) is 11.3 Å². The molecule has 0 fully saturated rings. The fraction of sp³-hybridized carbons (Fsp3) is 0.136. The molecular formula is C22H18ClIN2O2S. The number of hydrogen-bond acceptors (Lipinski definition) is 4. The third-order valence-electron chi connectivity index (χ3n) is 4.79. The predicted molar refractivity (Wildman–Crippen MR) is 128 cm³/mol. The number of thiophene rings is 1. The first-order chi connectivity index (χ1) is 14.0. The SMILES string of the molecule is C=C(Nc1cccc2c1CN(Cc1ccc(OC)c(I)c1)C2=O)c1ccc(Cl)s1. The average molecular weight is 537 g/mol. The topological polar surface area (TPSA) is 41.6 Å². The molecule has 4 nitrogen and oxygen atoms in total. The van der Waals surface area contributed by atoms with Crippen molar-refractivity contribution >= 4 is 62.8 Å². The van der Waals surface area contributed by atoms with E-state index in [0.717, 1.165) is 46.6 Å². The fourth-order valence-corrected chi connectivity index (χ4v) is 5.13. The molecule has 0 saturated carbocycles. The summed E-state index contributed by atoms with van der Waals surface area (Å²) in [7, 11) is 1.66. The second-order valence-corrected chi connectivity index (χ2v) is 9.55. The maximum absolute atomic E-state index is 13.0. The van der Waals surface area contributed by atoms with E-state index in [4.69, 9.17) is 16.3 Å². The molecule has 3 aromatic rings. The second-order valence-electron chi connectivity index (χ2n) is 6.67. The van der Waals surface area contributed by atoms with Gasteiger partial charge >= 0.3 is 0 Å². The van der Waals surface area contributed by atoms with Crippen molar-refractivity contribution in [1.29, 1.82) is 0 Å². The molecule has 0 aliphatic carbocycles. The van der Waals surface area contributed by atoms with Crippen LogP contribution in [0, 0.1) is 3.57 Å². The van der Waals surface area contributed by atoms with E-state index in [-0.39, 0.29) is 5.91 Å². The number of fused-ring (bicyclic) bond motifs is 1. The minimum absolute atomic E-state index is 0.0410. The van der Waals surface area contributed by atoms with Crippen LogP contribution in [0.4, 0.5) is 5.69 Å². The van der Waals surface area contributed by atoms with Crippen molar-refractivity contribution in [3.05, 3.63) is 84.6 Å². The van der Waals surface area contributed by atoms with Crippen LogP contribution in [-0.2, 0) is 13.1 Å². The van der Waals surface area contributed by atoms with Crippen molar-refractivity contribution in [2.45, 2.75) is 13.1 Å². The number of nitrogens with zero attached hydrogens (tertiary/aromatic N) is 1. The van der Waals surface area contributed by atoms with Gasteiger partial charge in [0.2, 0.25) is 0 Å². The Hall–Kier alpha value is -2.03. The zero-order valence-corrected chi connectivity index (χ0v) is 19.4. The lowest BCUT2D eigenvalue weighted by molar-refractivity contribution is 0.0767. The number of hydrogen-bond donors (Lipinski definition) is 1. The van der Waals surface area contributed by atoms with Crippen LogP contribution < -0.4 is 10.1 Å². The van der Waals surface area contributed by atoms with Gasteiger partial charge in [-0.25, -0.2) is 0 Å². The predicted octanol–water partition coefficient (Wildman–Crippen LogP) is 6.25. The van der Waals surface area contributed by atoms with Crippen LogP contribution in [0.1, 0.15) is 26.4 Å². The highest BCUT2D eigenvalue weighted by atomic mass is 127. The van der Waals surface area contributed by atoms with Crippen molar-refractivity contribution in [1.82, 2.24) is 4.90 Å². The highest BCUT2D eigenvalue weighted by molar-refractivity contribution is 14.1. The molecule has 1 aliphatic rings. The Balaban J connectivity index is 1.54. The highest BCUT2D eigenvalue weighted by Gasteiger charge is 2.29. The Labute approximate surface area is 192 Å². The van der Waals surface area contributed by atoms with E-state index in [1.54, 1.807) is 7.11 Å². The fourth-order valence-electron chi connectivity index (χ4n) is 3.36. The number of carbonyl (C=O) groups is 1. The summed E-state index contributed by atoms with van der Waals surface area (Å²) in [5.74, 6) is 0.878. The third kappa shape index (κ3) is 4.15. The van der Waals surface area contributed by atoms with Gasteiger partial charge < -0.3 is 15.0 Å². The van der Waals surface area contributed by atoms with Gasteiger partial charge in [0.05, 0.1) is 19.9 Å². The first kappa shape index (κ1) is 20.3. The van der Waals surface area contributed by atoms with Crippen LogP contribution in [0.2, 0.25) is 4.34 Å². The van der Waals surface area contributed by atoms with Gasteiger partial charge in [-0.15, -0.1) is 11.3 Å². The summed E-state index contributed by atoms with van der Waals surface area (Å²) in [6.45, 7) is 5.22. The van der Waals surface area contributed by atoms with Gasteiger partial charge in [-0.1, -0.05) is 30.3 Å². The quantitative estimate of drug-likeness (QED) is 0.379. The van der Waals surface area contributed by atoms with E-state index in [0.29, 0.717) is 13.1 Å². The summed E-state index contributed by atoms with van der Waals surface area (Å²) in [5.41, 5.74) is 4.46. The van der Waals surface area contributed by atoms with Gasteiger partial charge in [-0.2, -0.15) is 0 Å². The van der Waals surface area contributed by atoms with Gasteiger partial charge in [0.1, 0.15) is 5.75 Å². The normalized spacial score (nSPS) is 12.8. The standard InChI is InChI=1S/C22H18ClIN2O2S/c1-13(20-8-9-21(23)29-20)25-18-5-3-4-15-16(18)12-26(22(15)27)11-14-6-7-19(28-2)17(24)10-14/h3-10,25H,1,11-12H2,2H3. The molecule has 1 aromatic heterocycles. The molecule has 7 heteroatoms. The summed E-state index contributed by atoms with van der Waals surface area (Å²) < 4.78 is 7.07. The summed E-state index contributed by atoms with van der Waals surface area (Å²) in [4.78, 5) is 15.8. The van der Waals surface area contributed by atoms with Gasteiger partial charge in [0, 0.05) is 35.6 Å².